The average Bonchev–Trinajstić information content (AvgIpc) is 2.68. The third-order valence-electron chi connectivity index (χ3n) is 4.23. The monoisotopic (exact) mass is 298 g/mol. The maximum Gasteiger partial charge on any atom is 0.232 e. The van der Waals surface area contributed by atoms with Gasteiger partial charge in [0.05, 0.1) is 23.8 Å². The number of carbonyl (C=O) groups is 1. The summed E-state index contributed by atoms with van der Waals surface area (Å²) >= 11 is 6.16. The topological polar surface area (TPSA) is 32.3 Å². The largest absolute Gasteiger partial charge is 0.383 e. The smallest absolute Gasteiger partial charge is 0.232 e. The van der Waals surface area contributed by atoms with Gasteiger partial charge in [0.2, 0.25) is 5.91 Å². The van der Waals surface area contributed by atoms with Gasteiger partial charge >= 0.3 is 0 Å². The second-order valence-electron chi connectivity index (χ2n) is 5.54. The van der Waals surface area contributed by atoms with Crippen LogP contribution in [0.4, 0.5) is 11.4 Å². The number of carbonyl (C=O) groups excluding carboxylic acids is 1. The number of amides is 1. The number of nitrogens with one attached hydrogen (secondary N) is 1. The lowest BCUT2D eigenvalue weighted by atomic mass is 10.0. The second kappa shape index (κ2) is 4.78. The summed E-state index contributed by atoms with van der Waals surface area (Å²) < 4.78 is 0. The predicted molar refractivity (Wildman–Crippen MR) is 84.9 cm³/mol. The first-order valence-corrected chi connectivity index (χ1v) is 7.55. The van der Waals surface area contributed by atoms with Crippen molar-refractivity contribution in [3.63, 3.8) is 0 Å². The van der Waals surface area contributed by atoms with Gasteiger partial charge in [-0.25, -0.2) is 0 Å². The van der Waals surface area contributed by atoms with Crippen LogP contribution in [0.1, 0.15) is 23.6 Å². The summed E-state index contributed by atoms with van der Waals surface area (Å²) in [5.74, 6) is 0.158. The van der Waals surface area contributed by atoms with Crippen LogP contribution < -0.4 is 10.2 Å². The van der Waals surface area contributed by atoms with Gasteiger partial charge in [-0.15, -0.1) is 0 Å². The molecule has 4 heteroatoms. The Morgan fingerprint density at radius 1 is 1.19 bits per heavy atom. The van der Waals surface area contributed by atoms with Gasteiger partial charge in [0.25, 0.3) is 0 Å². The number of anilines is 2. The molecule has 2 aromatic rings. The van der Waals surface area contributed by atoms with Crippen LogP contribution in [0.2, 0.25) is 5.02 Å². The Balaban J connectivity index is 1.87. The van der Waals surface area contributed by atoms with Gasteiger partial charge in [-0.05, 0) is 29.7 Å². The lowest BCUT2D eigenvalue weighted by Crippen LogP contribution is -2.31. The highest BCUT2D eigenvalue weighted by Crippen LogP contribution is 2.45. The van der Waals surface area contributed by atoms with E-state index in [1.807, 2.05) is 35.2 Å². The molecule has 0 bridgehead atoms. The zero-order chi connectivity index (χ0) is 14.4. The second-order valence-corrected chi connectivity index (χ2v) is 5.98. The van der Waals surface area contributed by atoms with Crippen molar-refractivity contribution in [1.29, 1.82) is 0 Å². The van der Waals surface area contributed by atoms with Crippen molar-refractivity contribution in [2.75, 3.05) is 16.8 Å². The van der Waals surface area contributed by atoms with E-state index in [9.17, 15) is 4.79 Å². The Morgan fingerprint density at radius 2 is 2.00 bits per heavy atom. The molecule has 3 nitrogen and oxygen atoms in total. The van der Waals surface area contributed by atoms with Crippen molar-refractivity contribution >= 4 is 28.9 Å². The number of benzene rings is 2. The molecule has 0 saturated heterocycles. The van der Waals surface area contributed by atoms with Crippen LogP contribution in [0.15, 0.2) is 42.5 Å². The minimum Gasteiger partial charge on any atom is -0.383 e. The summed E-state index contributed by atoms with van der Waals surface area (Å²) in [7, 11) is 0. The van der Waals surface area contributed by atoms with Gasteiger partial charge in [0.1, 0.15) is 0 Å². The third-order valence-corrected chi connectivity index (χ3v) is 4.45. The van der Waals surface area contributed by atoms with E-state index in [0.717, 1.165) is 29.9 Å². The fourth-order valence-electron chi connectivity index (χ4n) is 3.38. The Labute approximate surface area is 128 Å². The van der Waals surface area contributed by atoms with E-state index < -0.39 is 0 Å². The van der Waals surface area contributed by atoms with E-state index in [4.69, 9.17) is 11.6 Å². The first-order chi connectivity index (χ1) is 10.2. The molecule has 1 amide bonds. The van der Waals surface area contributed by atoms with Gasteiger partial charge in [-0.3, -0.25) is 4.79 Å². The van der Waals surface area contributed by atoms with Crippen molar-refractivity contribution in [3.05, 3.63) is 58.6 Å². The van der Waals surface area contributed by atoms with Crippen LogP contribution >= 0.6 is 11.6 Å². The fourth-order valence-corrected chi connectivity index (χ4v) is 3.62. The zero-order valence-electron chi connectivity index (χ0n) is 11.5. The van der Waals surface area contributed by atoms with Gasteiger partial charge in [0, 0.05) is 11.6 Å². The summed E-state index contributed by atoms with van der Waals surface area (Å²) in [6.45, 7) is 0.829. The maximum absolute atomic E-state index is 12.6. The summed E-state index contributed by atoms with van der Waals surface area (Å²) in [5.41, 5.74) is 4.19. The number of rotatable bonds is 1. The minimum atomic E-state index is 0.0925. The molecule has 0 saturated carbocycles. The third kappa shape index (κ3) is 2.00. The number of nitrogens with zero attached hydrogens (tertiary/aromatic N) is 1. The number of halogens is 1. The Hall–Kier alpha value is -2.00. The van der Waals surface area contributed by atoms with Crippen LogP contribution in [0.25, 0.3) is 0 Å². The maximum atomic E-state index is 12.6. The van der Waals surface area contributed by atoms with E-state index in [2.05, 4.69) is 17.4 Å². The molecule has 0 fully saturated rings. The van der Waals surface area contributed by atoms with Crippen LogP contribution in [0.3, 0.4) is 0 Å². The van der Waals surface area contributed by atoms with Gasteiger partial charge < -0.3 is 10.2 Å². The van der Waals surface area contributed by atoms with Crippen molar-refractivity contribution < 1.29 is 4.79 Å². The molecular formula is C17H15ClN2O. The summed E-state index contributed by atoms with van der Waals surface area (Å²) in [6.07, 6.45) is 1.33. The molecule has 2 heterocycles. The molecule has 2 aliphatic rings. The summed E-state index contributed by atoms with van der Waals surface area (Å²) in [4.78, 5) is 14.5. The van der Waals surface area contributed by atoms with E-state index in [1.165, 1.54) is 5.56 Å². The van der Waals surface area contributed by atoms with Gasteiger partial charge in [0.15, 0.2) is 0 Å². The van der Waals surface area contributed by atoms with Crippen LogP contribution in [-0.2, 0) is 11.2 Å². The molecule has 106 valence electrons. The molecular weight excluding hydrogens is 284 g/mol. The number of hydrogen-bond acceptors (Lipinski definition) is 2. The van der Waals surface area contributed by atoms with Crippen LogP contribution in [0.5, 0.6) is 0 Å². The summed E-state index contributed by atoms with van der Waals surface area (Å²) in [5, 5.41) is 4.10. The molecule has 0 aromatic heterocycles. The van der Waals surface area contributed by atoms with Crippen molar-refractivity contribution in [2.45, 2.75) is 18.9 Å². The van der Waals surface area contributed by atoms with Crippen LogP contribution in [-0.4, -0.2) is 12.5 Å². The standard InChI is InChI=1S/C17H15ClN2O/c18-13-8-12-9-16(21)20-15(11-4-2-1-3-5-11)6-7-19-14(10-13)17(12)20/h1-5,8,10,15,19H,6-7,9H2. The van der Waals surface area contributed by atoms with E-state index in [-0.39, 0.29) is 11.9 Å². The molecule has 2 aromatic carbocycles. The predicted octanol–water partition coefficient (Wildman–Crippen LogP) is 3.79. The fraction of sp³-hybridized carbons (Fsp3) is 0.235. The SMILES string of the molecule is O=C1Cc2cc(Cl)cc3c2N1C(c1ccccc1)CCN3. The molecule has 0 spiro atoms. The van der Waals surface area contributed by atoms with E-state index in [0.29, 0.717) is 11.4 Å². The van der Waals surface area contributed by atoms with Crippen molar-refractivity contribution in [2.24, 2.45) is 0 Å². The molecule has 0 aliphatic carbocycles. The molecule has 0 radical (unpaired) electrons. The molecule has 4 rings (SSSR count). The van der Waals surface area contributed by atoms with Crippen LogP contribution in [0, 0.1) is 0 Å². The van der Waals surface area contributed by atoms with Gasteiger partial charge in [-0.2, -0.15) is 0 Å². The lowest BCUT2D eigenvalue weighted by Gasteiger charge is -2.27. The minimum absolute atomic E-state index is 0.0925. The lowest BCUT2D eigenvalue weighted by molar-refractivity contribution is -0.117. The van der Waals surface area contributed by atoms with Gasteiger partial charge in [-0.1, -0.05) is 41.9 Å². The average molecular weight is 299 g/mol. The number of hydrogen-bond donors (Lipinski definition) is 1. The normalized spacial score (nSPS) is 20.0. The highest BCUT2D eigenvalue weighted by Gasteiger charge is 2.37. The molecule has 1 N–H and O–H groups in total. The first kappa shape index (κ1) is 12.7. The summed E-state index contributed by atoms with van der Waals surface area (Å²) in [6, 6.07) is 14.2. The Bertz CT molecular complexity index is 714. The molecule has 2 aliphatic heterocycles. The van der Waals surface area contributed by atoms with Crippen molar-refractivity contribution in [1.82, 2.24) is 0 Å². The molecule has 1 unspecified atom stereocenters. The molecule has 1 atom stereocenters. The highest BCUT2D eigenvalue weighted by atomic mass is 35.5. The quantitative estimate of drug-likeness (QED) is 0.869. The Kier molecular flexibility index (Phi) is 2.89. The first-order valence-electron chi connectivity index (χ1n) is 7.17. The van der Waals surface area contributed by atoms with E-state index >= 15 is 0 Å². The highest BCUT2D eigenvalue weighted by molar-refractivity contribution is 6.31. The van der Waals surface area contributed by atoms with Crippen molar-refractivity contribution in [3.8, 4) is 0 Å². The zero-order valence-corrected chi connectivity index (χ0v) is 12.2. The molecule has 21 heavy (non-hydrogen) atoms. The Morgan fingerprint density at radius 3 is 2.81 bits per heavy atom. The van der Waals surface area contributed by atoms with E-state index in [1.54, 1.807) is 0 Å².